The molecule has 1 saturated heterocycles. The lowest BCUT2D eigenvalue weighted by Gasteiger charge is -2.36. The number of hydrogen-bond acceptors (Lipinski definition) is 4. The van der Waals surface area contributed by atoms with Crippen molar-refractivity contribution in [2.24, 2.45) is 5.92 Å². The summed E-state index contributed by atoms with van der Waals surface area (Å²) >= 11 is 0. The Morgan fingerprint density at radius 3 is 2.29 bits per heavy atom. The Morgan fingerprint density at radius 2 is 1.81 bits per heavy atom. The van der Waals surface area contributed by atoms with E-state index >= 15 is 0 Å². The molecule has 1 aliphatic rings. The minimum absolute atomic E-state index is 0.151. The van der Waals surface area contributed by atoms with Crippen molar-refractivity contribution in [3.63, 3.8) is 0 Å². The number of carbonyl (C=O) groups excluding carboxylic acids is 2. The molecule has 0 spiro atoms. The fourth-order valence-electron chi connectivity index (χ4n) is 2.44. The molecule has 1 rings (SSSR count). The third-order valence-electron chi connectivity index (χ3n) is 3.96. The first kappa shape index (κ1) is 17.9. The molecular weight excluding hydrogens is 268 g/mol. The second kappa shape index (κ2) is 7.75. The molecule has 1 heterocycles. The minimum Gasteiger partial charge on any atom is -0.341 e. The lowest BCUT2D eigenvalue weighted by atomic mass is 9.94. The van der Waals surface area contributed by atoms with Gasteiger partial charge in [0.2, 0.25) is 5.91 Å². The molecule has 0 aliphatic carbocycles. The highest BCUT2D eigenvalue weighted by Crippen LogP contribution is 2.19. The first-order valence-electron chi connectivity index (χ1n) is 7.74. The largest absolute Gasteiger partial charge is 0.341 e. The summed E-state index contributed by atoms with van der Waals surface area (Å²) in [5.41, 5.74) is 0.151. The minimum atomic E-state index is -0.448. The van der Waals surface area contributed by atoms with E-state index in [4.69, 9.17) is 0 Å². The Labute approximate surface area is 128 Å². The van der Waals surface area contributed by atoms with E-state index in [1.165, 1.54) is 7.05 Å². The first-order valence-corrected chi connectivity index (χ1v) is 7.74. The standard InChI is InChI=1S/C15H30N4O2/c1-11(13(20)18-14(21)16-5)19-8-6-12(7-9-19)10-17-15(2,3)4/h11-12,17H,6-10H2,1-5H3,(H2,16,18,20,21). The fraction of sp³-hybridized carbons (Fsp3) is 0.867. The molecule has 0 aromatic rings. The van der Waals surface area contributed by atoms with Gasteiger partial charge < -0.3 is 10.6 Å². The summed E-state index contributed by atoms with van der Waals surface area (Å²) in [7, 11) is 1.50. The van der Waals surface area contributed by atoms with Crippen molar-refractivity contribution >= 4 is 11.9 Å². The van der Waals surface area contributed by atoms with Crippen LogP contribution in [0, 0.1) is 5.92 Å². The zero-order valence-electron chi connectivity index (χ0n) is 14.0. The zero-order chi connectivity index (χ0) is 16.0. The van der Waals surface area contributed by atoms with Crippen molar-refractivity contribution in [1.82, 2.24) is 20.9 Å². The molecule has 1 atom stereocenters. The van der Waals surface area contributed by atoms with Gasteiger partial charge in [0.1, 0.15) is 0 Å². The summed E-state index contributed by atoms with van der Waals surface area (Å²) in [6.07, 6.45) is 2.17. The molecule has 21 heavy (non-hydrogen) atoms. The number of nitrogens with one attached hydrogen (secondary N) is 3. The SMILES string of the molecule is CNC(=O)NC(=O)C(C)N1CCC(CNC(C)(C)C)CC1. The molecule has 3 N–H and O–H groups in total. The highest BCUT2D eigenvalue weighted by Gasteiger charge is 2.27. The van der Waals surface area contributed by atoms with Gasteiger partial charge in [-0.25, -0.2) is 4.79 Å². The van der Waals surface area contributed by atoms with Crippen LogP contribution < -0.4 is 16.0 Å². The number of hydrogen-bond donors (Lipinski definition) is 3. The molecule has 1 aliphatic heterocycles. The maximum atomic E-state index is 11.9. The van der Waals surface area contributed by atoms with Crippen LogP contribution in [0.3, 0.4) is 0 Å². The number of rotatable bonds is 4. The quantitative estimate of drug-likeness (QED) is 0.722. The number of urea groups is 1. The Morgan fingerprint density at radius 1 is 1.24 bits per heavy atom. The van der Waals surface area contributed by atoms with Gasteiger partial charge in [-0.15, -0.1) is 0 Å². The third-order valence-corrected chi connectivity index (χ3v) is 3.96. The molecule has 0 aromatic heterocycles. The molecule has 0 aromatic carbocycles. The summed E-state index contributed by atoms with van der Waals surface area (Å²) in [5.74, 6) is 0.426. The molecule has 0 radical (unpaired) electrons. The van der Waals surface area contributed by atoms with Crippen molar-refractivity contribution < 1.29 is 9.59 Å². The zero-order valence-corrected chi connectivity index (χ0v) is 14.0. The van der Waals surface area contributed by atoms with E-state index in [-0.39, 0.29) is 17.5 Å². The first-order chi connectivity index (χ1) is 9.73. The van der Waals surface area contributed by atoms with Gasteiger partial charge in [0.15, 0.2) is 0 Å². The van der Waals surface area contributed by atoms with E-state index in [9.17, 15) is 9.59 Å². The average Bonchev–Trinajstić information content (AvgIpc) is 2.43. The molecular formula is C15H30N4O2. The van der Waals surface area contributed by atoms with E-state index in [0.717, 1.165) is 32.5 Å². The van der Waals surface area contributed by atoms with E-state index in [1.54, 1.807) is 0 Å². The predicted molar refractivity (Wildman–Crippen MR) is 84.1 cm³/mol. The van der Waals surface area contributed by atoms with E-state index in [1.807, 2.05) is 6.92 Å². The van der Waals surface area contributed by atoms with Crippen LogP contribution in [0.25, 0.3) is 0 Å². The monoisotopic (exact) mass is 298 g/mol. The second-order valence-corrected chi connectivity index (χ2v) is 6.85. The Kier molecular flexibility index (Phi) is 6.61. The third kappa shape index (κ3) is 6.44. The van der Waals surface area contributed by atoms with E-state index in [2.05, 4.69) is 41.6 Å². The van der Waals surface area contributed by atoms with Gasteiger partial charge in [0.25, 0.3) is 0 Å². The van der Waals surface area contributed by atoms with Crippen molar-refractivity contribution in [3.8, 4) is 0 Å². The maximum Gasteiger partial charge on any atom is 0.321 e. The van der Waals surface area contributed by atoms with E-state index in [0.29, 0.717) is 5.92 Å². The number of amides is 3. The van der Waals surface area contributed by atoms with Crippen LogP contribution in [0.5, 0.6) is 0 Å². The summed E-state index contributed by atoms with van der Waals surface area (Å²) in [6.45, 7) is 11.2. The van der Waals surface area contributed by atoms with Gasteiger partial charge in [-0.2, -0.15) is 0 Å². The van der Waals surface area contributed by atoms with Crippen LogP contribution >= 0.6 is 0 Å². The van der Waals surface area contributed by atoms with Gasteiger partial charge in [-0.3, -0.25) is 15.0 Å². The summed E-state index contributed by atoms with van der Waals surface area (Å²) < 4.78 is 0. The van der Waals surface area contributed by atoms with Crippen molar-refractivity contribution in [1.29, 1.82) is 0 Å². The van der Waals surface area contributed by atoms with Crippen LogP contribution in [-0.2, 0) is 4.79 Å². The second-order valence-electron chi connectivity index (χ2n) is 6.85. The van der Waals surface area contributed by atoms with Crippen LogP contribution in [0.15, 0.2) is 0 Å². The Bertz CT molecular complexity index is 357. The maximum absolute atomic E-state index is 11.9. The van der Waals surface area contributed by atoms with Crippen molar-refractivity contribution in [3.05, 3.63) is 0 Å². The lowest BCUT2D eigenvalue weighted by Crippen LogP contribution is -2.52. The molecule has 1 fully saturated rings. The molecule has 3 amide bonds. The summed E-state index contributed by atoms with van der Waals surface area (Å²) in [4.78, 5) is 25.2. The highest BCUT2D eigenvalue weighted by molar-refractivity contribution is 5.96. The number of imide groups is 1. The highest BCUT2D eigenvalue weighted by atomic mass is 16.2. The number of piperidine rings is 1. The van der Waals surface area contributed by atoms with E-state index < -0.39 is 6.03 Å². The number of likely N-dealkylation sites (tertiary alicyclic amines) is 1. The number of carbonyl (C=O) groups is 2. The lowest BCUT2D eigenvalue weighted by molar-refractivity contribution is -0.125. The topological polar surface area (TPSA) is 73.5 Å². The molecule has 0 saturated carbocycles. The van der Waals surface area contributed by atoms with Crippen molar-refractivity contribution in [2.75, 3.05) is 26.7 Å². The van der Waals surface area contributed by atoms with Crippen LogP contribution in [0.4, 0.5) is 4.79 Å². The van der Waals surface area contributed by atoms with Gasteiger partial charge in [-0.1, -0.05) is 0 Å². The molecule has 6 heteroatoms. The van der Waals surface area contributed by atoms with Gasteiger partial charge in [-0.05, 0) is 66.1 Å². The summed E-state index contributed by atoms with van der Waals surface area (Å²) in [6, 6.07) is -0.713. The Balaban J connectivity index is 2.35. The van der Waals surface area contributed by atoms with Crippen molar-refractivity contribution in [2.45, 2.75) is 52.1 Å². The molecule has 122 valence electrons. The smallest absolute Gasteiger partial charge is 0.321 e. The fourth-order valence-corrected chi connectivity index (χ4v) is 2.44. The van der Waals surface area contributed by atoms with Gasteiger partial charge in [0, 0.05) is 12.6 Å². The average molecular weight is 298 g/mol. The van der Waals surface area contributed by atoms with Crippen LogP contribution in [0.1, 0.15) is 40.5 Å². The van der Waals surface area contributed by atoms with Gasteiger partial charge >= 0.3 is 6.03 Å². The molecule has 6 nitrogen and oxygen atoms in total. The van der Waals surface area contributed by atoms with Gasteiger partial charge in [0.05, 0.1) is 6.04 Å². The molecule has 1 unspecified atom stereocenters. The Hall–Kier alpha value is -1.14. The molecule has 0 bridgehead atoms. The van der Waals surface area contributed by atoms with Crippen LogP contribution in [-0.4, -0.2) is 55.1 Å². The predicted octanol–water partition coefficient (Wildman–Crippen LogP) is 0.931. The number of nitrogens with zero attached hydrogens (tertiary/aromatic N) is 1. The van der Waals surface area contributed by atoms with Crippen LogP contribution in [0.2, 0.25) is 0 Å². The summed E-state index contributed by atoms with van der Waals surface area (Å²) in [5, 5.41) is 8.28. The normalized spacial score (nSPS) is 19.1.